The smallest absolute Gasteiger partial charge is 0.375 e. The van der Waals surface area contributed by atoms with Gasteiger partial charge in [-0.25, -0.2) is 4.79 Å². The highest BCUT2D eigenvalue weighted by atomic mass is 16.6. The number of esters is 1. The molecule has 1 amide bonds. The molecular formula is C14H21NO4. The number of carbonyl (C=O) groups excluding carboxylic acids is 2. The molecule has 0 saturated heterocycles. The van der Waals surface area contributed by atoms with Crippen LogP contribution in [0.4, 0.5) is 0 Å². The lowest BCUT2D eigenvalue weighted by Gasteiger charge is -2.26. The molecule has 0 radical (unpaired) electrons. The molecule has 1 rings (SSSR count). The Morgan fingerprint density at radius 2 is 1.95 bits per heavy atom. The van der Waals surface area contributed by atoms with E-state index in [1.165, 1.54) is 12.3 Å². The standard InChI is InChI=1S/C14H21NO4/c1-9(2)11(12(16)15-14(3,4)5)19-13(17)10-7-6-8-18-10/h6-9,11H,1-5H3,(H,15,16)/t11-/m0/s1. The second-order valence-corrected chi connectivity index (χ2v) is 5.79. The summed E-state index contributed by atoms with van der Waals surface area (Å²) >= 11 is 0. The molecule has 0 spiro atoms. The summed E-state index contributed by atoms with van der Waals surface area (Å²) < 4.78 is 10.2. The number of amides is 1. The maximum Gasteiger partial charge on any atom is 0.375 e. The molecule has 19 heavy (non-hydrogen) atoms. The van der Waals surface area contributed by atoms with Gasteiger partial charge >= 0.3 is 5.97 Å². The van der Waals surface area contributed by atoms with Crippen LogP contribution >= 0.6 is 0 Å². The highest BCUT2D eigenvalue weighted by molar-refractivity contribution is 5.90. The van der Waals surface area contributed by atoms with Gasteiger partial charge in [0, 0.05) is 5.54 Å². The van der Waals surface area contributed by atoms with Gasteiger partial charge in [-0.3, -0.25) is 4.79 Å². The largest absolute Gasteiger partial charge is 0.457 e. The summed E-state index contributed by atoms with van der Waals surface area (Å²) in [6, 6.07) is 3.09. The summed E-state index contributed by atoms with van der Waals surface area (Å²) in [7, 11) is 0. The van der Waals surface area contributed by atoms with E-state index in [1.54, 1.807) is 6.07 Å². The second-order valence-electron chi connectivity index (χ2n) is 5.79. The fraction of sp³-hybridized carbons (Fsp3) is 0.571. The van der Waals surface area contributed by atoms with Crippen molar-refractivity contribution in [2.24, 2.45) is 5.92 Å². The van der Waals surface area contributed by atoms with E-state index in [4.69, 9.17) is 9.15 Å². The lowest BCUT2D eigenvalue weighted by Crippen LogP contribution is -2.48. The van der Waals surface area contributed by atoms with Gasteiger partial charge in [0.25, 0.3) is 5.91 Å². The third kappa shape index (κ3) is 4.77. The average Bonchev–Trinajstić information content (AvgIpc) is 2.75. The Bertz CT molecular complexity index is 429. The van der Waals surface area contributed by atoms with Crippen molar-refractivity contribution in [2.45, 2.75) is 46.3 Å². The number of ether oxygens (including phenoxy) is 1. The Kier molecular flexibility index (Phi) is 4.75. The van der Waals surface area contributed by atoms with Crippen molar-refractivity contribution < 1.29 is 18.7 Å². The van der Waals surface area contributed by atoms with Crippen molar-refractivity contribution in [1.29, 1.82) is 0 Å². The number of furan rings is 1. The Morgan fingerprint density at radius 3 is 2.37 bits per heavy atom. The first-order valence-electron chi connectivity index (χ1n) is 6.27. The van der Waals surface area contributed by atoms with E-state index in [0.717, 1.165) is 0 Å². The van der Waals surface area contributed by atoms with Crippen LogP contribution in [0.1, 0.15) is 45.2 Å². The molecule has 5 nitrogen and oxygen atoms in total. The van der Waals surface area contributed by atoms with E-state index in [2.05, 4.69) is 5.32 Å². The van der Waals surface area contributed by atoms with Crippen molar-refractivity contribution in [2.75, 3.05) is 0 Å². The number of rotatable bonds is 4. The summed E-state index contributed by atoms with van der Waals surface area (Å²) in [6.45, 7) is 9.26. The fourth-order valence-corrected chi connectivity index (χ4v) is 1.50. The summed E-state index contributed by atoms with van der Waals surface area (Å²) in [5, 5.41) is 2.80. The van der Waals surface area contributed by atoms with Crippen LogP contribution in [-0.4, -0.2) is 23.5 Å². The Balaban J connectivity index is 2.73. The molecule has 0 aliphatic carbocycles. The van der Waals surface area contributed by atoms with E-state index >= 15 is 0 Å². The van der Waals surface area contributed by atoms with E-state index in [1.807, 2.05) is 34.6 Å². The maximum absolute atomic E-state index is 12.1. The fourth-order valence-electron chi connectivity index (χ4n) is 1.50. The highest BCUT2D eigenvalue weighted by Gasteiger charge is 2.30. The minimum absolute atomic E-state index is 0.0919. The van der Waals surface area contributed by atoms with Gasteiger partial charge in [-0.1, -0.05) is 13.8 Å². The van der Waals surface area contributed by atoms with Gasteiger partial charge in [-0.05, 0) is 38.8 Å². The van der Waals surface area contributed by atoms with Crippen LogP contribution in [0.15, 0.2) is 22.8 Å². The highest BCUT2D eigenvalue weighted by Crippen LogP contribution is 2.13. The maximum atomic E-state index is 12.1. The lowest BCUT2D eigenvalue weighted by atomic mass is 10.0. The predicted octanol–water partition coefficient (Wildman–Crippen LogP) is 2.38. The molecule has 1 aromatic heterocycles. The molecule has 1 heterocycles. The third-order valence-electron chi connectivity index (χ3n) is 2.32. The molecule has 106 valence electrons. The molecule has 1 atom stereocenters. The molecular weight excluding hydrogens is 246 g/mol. The van der Waals surface area contributed by atoms with Gasteiger partial charge in [0.15, 0.2) is 6.10 Å². The SMILES string of the molecule is CC(C)[C@H](OC(=O)c1ccco1)C(=O)NC(C)(C)C. The zero-order valence-electron chi connectivity index (χ0n) is 12.0. The molecule has 0 bridgehead atoms. The molecule has 0 aliphatic rings. The normalized spacial score (nSPS) is 13.2. The molecule has 1 N–H and O–H groups in total. The first-order valence-corrected chi connectivity index (χ1v) is 6.27. The summed E-state index contributed by atoms with van der Waals surface area (Å²) in [4.78, 5) is 23.9. The second kappa shape index (κ2) is 5.91. The molecule has 0 fully saturated rings. The van der Waals surface area contributed by atoms with Crippen LogP contribution in [0, 0.1) is 5.92 Å². The molecule has 0 unspecified atom stereocenters. The number of carbonyl (C=O) groups is 2. The Morgan fingerprint density at radius 1 is 1.32 bits per heavy atom. The van der Waals surface area contributed by atoms with Crippen LogP contribution in [0.5, 0.6) is 0 Å². The van der Waals surface area contributed by atoms with Crippen LogP contribution in [0.3, 0.4) is 0 Å². The Labute approximate surface area is 113 Å². The van der Waals surface area contributed by atoms with Crippen LogP contribution < -0.4 is 5.32 Å². The van der Waals surface area contributed by atoms with Crippen molar-refractivity contribution in [1.82, 2.24) is 5.32 Å². The van der Waals surface area contributed by atoms with E-state index in [-0.39, 0.29) is 23.1 Å². The molecule has 1 aromatic rings. The first-order chi connectivity index (χ1) is 8.70. The van der Waals surface area contributed by atoms with Crippen LogP contribution in [0.25, 0.3) is 0 Å². The zero-order chi connectivity index (χ0) is 14.6. The number of hydrogen-bond acceptors (Lipinski definition) is 4. The quantitative estimate of drug-likeness (QED) is 0.850. The molecule has 5 heteroatoms. The van der Waals surface area contributed by atoms with Gasteiger partial charge in [0.2, 0.25) is 5.76 Å². The molecule has 0 aliphatic heterocycles. The van der Waals surface area contributed by atoms with Crippen molar-refractivity contribution >= 4 is 11.9 Å². The molecule has 0 aromatic carbocycles. The minimum atomic E-state index is -0.836. The van der Waals surface area contributed by atoms with E-state index < -0.39 is 12.1 Å². The van der Waals surface area contributed by atoms with Gasteiger partial charge < -0.3 is 14.5 Å². The predicted molar refractivity (Wildman–Crippen MR) is 70.6 cm³/mol. The monoisotopic (exact) mass is 267 g/mol. The lowest BCUT2D eigenvalue weighted by molar-refractivity contribution is -0.133. The zero-order valence-corrected chi connectivity index (χ0v) is 12.0. The van der Waals surface area contributed by atoms with Gasteiger partial charge in [-0.15, -0.1) is 0 Å². The van der Waals surface area contributed by atoms with E-state index in [0.29, 0.717) is 0 Å². The number of nitrogens with one attached hydrogen (secondary N) is 1. The minimum Gasteiger partial charge on any atom is -0.457 e. The topological polar surface area (TPSA) is 68.5 Å². The first kappa shape index (κ1) is 15.3. The van der Waals surface area contributed by atoms with Crippen molar-refractivity contribution in [3.05, 3.63) is 24.2 Å². The Hall–Kier alpha value is -1.78. The summed E-state index contributed by atoms with van der Waals surface area (Å²) in [5.74, 6) is -0.967. The third-order valence-corrected chi connectivity index (χ3v) is 2.32. The van der Waals surface area contributed by atoms with Crippen molar-refractivity contribution in [3.8, 4) is 0 Å². The summed E-state index contributed by atoms with van der Waals surface area (Å²) in [6.07, 6.45) is 0.549. The van der Waals surface area contributed by atoms with E-state index in [9.17, 15) is 9.59 Å². The van der Waals surface area contributed by atoms with Gasteiger partial charge in [0.1, 0.15) is 0 Å². The van der Waals surface area contributed by atoms with Crippen LogP contribution in [-0.2, 0) is 9.53 Å². The van der Waals surface area contributed by atoms with Gasteiger partial charge in [0.05, 0.1) is 6.26 Å². The van der Waals surface area contributed by atoms with Crippen LogP contribution in [0.2, 0.25) is 0 Å². The average molecular weight is 267 g/mol. The number of hydrogen-bond donors (Lipinski definition) is 1. The van der Waals surface area contributed by atoms with Crippen molar-refractivity contribution in [3.63, 3.8) is 0 Å². The van der Waals surface area contributed by atoms with Gasteiger partial charge in [-0.2, -0.15) is 0 Å². The molecule has 0 saturated carbocycles. The summed E-state index contributed by atoms with van der Waals surface area (Å²) in [5.41, 5.74) is -0.374.